The number of likely N-dealkylation sites (N-methyl/N-ethyl adjacent to an activating group) is 1. The van der Waals surface area contributed by atoms with E-state index in [1.165, 1.54) is 36.2 Å². The molecule has 1 aliphatic rings. The summed E-state index contributed by atoms with van der Waals surface area (Å²) in [4.78, 5) is 26.8. The topological polar surface area (TPSA) is 49.4 Å². The third-order valence-corrected chi connectivity index (χ3v) is 5.26. The third-order valence-electron chi connectivity index (χ3n) is 5.26. The van der Waals surface area contributed by atoms with E-state index in [2.05, 4.69) is 5.32 Å². The van der Waals surface area contributed by atoms with E-state index in [0.717, 1.165) is 18.2 Å². The molecule has 3 rings (SSSR count). The second-order valence-corrected chi connectivity index (χ2v) is 7.96. The number of likely N-dealkylation sites (tertiary alicyclic amines) is 1. The molecular formula is C23H21F5N2O2. The first kappa shape index (κ1) is 23.4. The lowest BCUT2D eigenvalue weighted by Gasteiger charge is -2.19. The van der Waals surface area contributed by atoms with Crippen LogP contribution in [0.2, 0.25) is 0 Å². The van der Waals surface area contributed by atoms with Crippen molar-refractivity contribution < 1.29 is 31.5 Å². The Kier molecular flexibility index (Phi) is 6.39. The molecule has 0 aliphatic carbocycles. The van der Waals surface area contributed by atoms with Crippen molar-refractivity contribution in [1.29, 1.82) is 0 Å². The van der Waals surface area contributed by atoms with Gasteiger partial charge in [0, 0.05) is 19.5 Å². The number of anilines is 1. The molecule has 0 unspecified atom stereocenters. The molecule has 1 N–H and O–H groups in total. The summed E-state index contributed by atoms with van der Waals surface area (Å²) in [6.07, 6.45) is -3.20. The van der Waals surface area contributed by atoms with Gasteiger partial charge in [0.25, 0.3) is 0 Å². The van der Waals surface area contributed by atoms with Gasteiger partial charge in [-0.25, -0.2) is 8.78 Å². The molecule has 1 aliphatic heterocycles. The van der Waals surface area contributed by atoms with Crippen LogP contribution in [0.15, 0.2) is 42.0 Å². The molecule has 0 radical (unpaired) electrons. The summed E-state index contributed by atoms with van der Waals surface area (Å²) in [5, 5.41) is 2.23. The highest BCUT2D eigenvalue weighted by Gasteiger charge is 2.45. The highest BCUT2D eigenvalue weighted by Crippen LogP contribution is 2.39. The van der Waals surface area contributed by atoms with E-state index in [-0.39, 0.29) is 12.1 Å². The van der Waals surface area contributed by atoms with Crippen LogP contribution >= 0.6 is 0 Å². The van der Waals surface area contributed by atoms with E-state index < -0.39 is 52.7 Å². The summed E-state index contributed by atoms with van der Waals surface area (Å²) in [5.41, 5.74) is -0.324. The van der Waals surface area contributed by atoms with Gasteiger partial charge >= 0.3 is 6.18 Å². The predicted molar refractivity (Wildman–Crippen MR) is 110 cm³/mol. The van der Waals surface area contributed by atoms with Crippen molar-refractivity contribution in [3.8, 4) is 0 Å². The molecule has 32 heavy (non-hydrogen) atoms. The molecule has 2 aromatic carbocycles. The minimum atomic E-state index is -4.58. The van der Waals surface area contributed by atoms with Crippen molar-refractivity contribution in [1.82, 2.24) is 4.90 Å². The largest absolute Gasteiger partial charge is 0.416 e. The van der Waals surface area contributed by atoms with Crippen molar-refractivity contribution >= 4 is 23.6 Å². The van der Waals surface area contributed by atoms with Crippen molar-refractivity contribution in [2.24, 2.45) is 5.92 Å². The smallest absolute Gasteiger partial charge is 0.344 e. The number of nitrogens with one attached hydrogen (secondary N) is 1. The number of allylic oxidation sites excluding steroid dienone is 1. The maximum Gasteiger partial charge on any atom is 0.416 e. The maximum absolute atomic E-state index is 14.0. The number of rotatable bonds is 4. The van der Waals surface area contributed by atoms with Crippen LogP contribution in [0, 0.1) is 17.6 Å². The first-order chi connectivity index (χ1) is 14.9. The minimum Gasteiger partial charge on any atom is -0.344 e. The lowest BCUT2D eigenvalue weighted by atomic mass is 9.86. The van der Waals surface area contributed by atoms with E-state index in [1.807, 2.05) is 0 Å². The maximum atomic E-state index is 14.0. The molecule has 1 fully saturated rings. The Morgan fingerprint density at radius 3 is 2.47 bits per heavy atom. The number of benzene rings is 2. The van der Waals surface area contributed by atoms with Gasteiger partial charge < -0.3 is 10.2 Å². The Morgan fingerprint density at radius 1 is 1.16 bits per heavy atom. The Labute approximate surface area is 181 Å². The Bertz CT molecular complexity index is 1090. The zero-order valence-corrected chi connectivity index (χ0v) is 17.6. The molecule has 170 valence electrons. The van der Waals surface area contributed by atoms with Crippen LogP contribution in [0.5, 0.6) is 0 Å². The Hall–Kier alpha value is -3.23. The van der Waals surface area contributed by atoms with Crippen molar-refractivity contribution in [3.05, 3.63) is 70.3 Å². The van der Waals surface area contributed by atoms with Crippen LogP contribution in [0.25, 0.3) is 6.08 Å². The fourth-order valence-corrected chi connectivity index (χ4v) is 3.80. The average molecular weight is 452 g/mol. The first-order valence-electron chi connectivity index (χ1n) is 9.76. The summed E-state index contributed by atoms with van der Waals surface area (Å²) in [6, 6.07) is 6.72. The van der Waals surface area contributed by atoms with Crippen LogP contribution in [-0.2, 0) is 15.8 Å². The normalized spacial score (nSPS) is 18.6. The molecule has 0 bridgehead atoms. The minimum absolute atomic E-state index is 0.0765. The number of carbonyl (C=O) groups excluding carboxylic acids is 2. The lowest BCUT2D eigenvalue weighted by molar-refractivity contribution is -0.138. The van der Waals surface area contributed by atoms with Gasteiger partial charge in [0.15, 0.2) is 11.6 Å². The molecule has 4 nitrogen and oxygen atoms in total. The summed E-state index contributed by atoms with van der Waals surface area (Å²) >= 11 is 0. The first-order valence-corrected chi connectivity index (χ1v) is 9.76. The van der Waals surface area contributed by atoms with Crippen LogP contribution in [0.1, 0.15) is 36.5 Å². The van der Waals surface area contributed by atoms with Gasteiger partial charge in [-0.2, -0.15) is 13.2 Å². The molecule has 2 aromatic rings. The number of alkyl halides is 3. The average Bonchev–Trinajstić information content (AvgIpc) is 2.99. The van der Waals surface area contributed by atoms with E-state index in [9.17, 15) is 31.5 Å². The second kappa shape index (κ2) is 8.72. The summed E-state index contributed by atoms with van der Waals surface area (Å²) < 4.78 is 67.7. The molecule has 2 atom stereocenters. The van der Waals surface area contributed by atoms with Crippen molar-refractivity contribution in [2.75, 3.05) is 18.9 Å². The monoisotopic (exact) mass is 452 g/mol. The molecule has 1 heterocycles. The molecular weight excluding hydrogens is 431 g/mol. The molecule has 0 spiro atoms. The molecule has 9 heteroatoms. The number of hydrogen-bond donors (Lipinski definition) is 1. The van der Waals surface area contributed by atoms with E-state index in [1.54, 1.807) is 13.8 Å². The lowest BCUT2D eigenvalue weighted by Crippen LogP contribution is -2.33. The third kappa shape index (κ3) is 4.66. The number of hydrogen-bond acceptors (Lipinski definition) is 2. The van der Waals surface area contributed by atoms with Gasteiger partial charge in [-0.1, -0.05) is 29.8 Å². The standard InChI is InChI=1S/C23H21F5N2O2/c1-12(2)9-14-10-13(7-8-16(14)23(26,27)28)15-11-30(3)22(32)19(15)21(31)29-18-6-4-5-17(24)20(18)25/h4-10,15,19H,11H2,1-3H3,(H,29,31)/t15-,19+/m1/s1. The second-order valence-electron chi connectivity index (χ2n) is 7.96. The van der Waals surface area contributed by atoms with Gasteiger partial charge in [0.05, 0.1) is 11.3 Å². The van der Waals surface area contributed by atoms with Gasteiger partial charge in [-0.3, -0.25) is 9.59 Å². The molecule has 2 amide bonds. The van der Waals surface area contributed by atoms with Crippen LogP contribution in [-0.4, -0.2) is 30.3 Å². The SMILES string of the molecule is CC(C)=Cc1cc([C@H]2CN(C)C(=O)[C@@H]2C(=O)Nc2cccc(F)c2F)ccc1C(F)(F)F. The van der Waals surface area contributed by atoms with Gasteiger partial charge in [0.1, 0.15) is 5.92 Å². The number of halogens is 5. The Morgan fingerprint density at radius 2 is 1.84 bits per heavy atom. The van der Waals surface area contributed by atoms with E-state index in [0.29, 0.717) is 11.1 Å². The van der Waals surface area contributed by atoms with E-state index >= 15 is 0 Å². The number of nitrogens with zero attached hydrogens (tertiary/aromatic N) is 1. The van der Waals surface area contributed by atoms with Crippen molar-refractivity contribution in [3.63, 3.8) is 0 Å². The summed E-state index contributed by atoms with van der Waals surface area (Å²) in [7, 11) is 1.46. The summed E-state index contributed by atoms with van der Waals surface area (Å²) in [5.74, 6) is -5.93. The highest BCUT2D eigenvalue weighted by atomic mass is 19.4. The fourth-order valence-electron chi connectivity index (χ4n) is 3.80. The van der Waals surface area contributed by atoms with Crippen LogP contribution < -0.4 is 5.32 Å². The van der Waals surface area contributed by atoms with Gasteiger partial charge in [0.2, 0.25) is 11.8 Å². The fraction of sp³-hybridized carbons (Fsp3) is 0.304. The van der Waals surface area contributed by atoms with Crippen LogP contribution in [0.3, 0.4) is 0 Å². The number of carbonyl (C=O) groups is 2. The van der Waals surface area contributed by atoms with Crippen LogP contribution in [0.4, 0.5) is 27.6 Å². The van der Waals surface area contributed by atoms with Crippen molar-refractivity contribution in [2.45, 2.75) is 25.9 Å². The molecule has 0 saturated carbocycles. The zero-order valence-electron chi connectivity index (χ0n) is 17.6. The predicted octanol–water partition coefficient (Wildman–Crippen LogP) is 5.22. The molecule has 1 saturated heterocycles. The molecule has 0 aromatic heterocycles. The number of amides is 2. The zero-order chi connectivity index (χ0) is 23.8. The van der Waals surface area contributed by atoms with Gasteiger partial charge in [-0.15, -0.1) is 0 Å². The van der Waals surface area contributed by atoms with E-state index in [4.69, 9.17) is 0 Å². The van der Waals surface area contributed by atoms with Gasteiger partial charge in [-0.05, 0) is 43.2 Å². The quantitative estimate of drug-likeness (QED) is 0.511. The highest BCUT2D eigenvalue weighted by molar-refractivity contribution is 6.08. The summed E-state index contributed by atoms with van der Waals surface area (Å²) in [6.45, 7) is 3.40. The Balaban J connectivity index is 2.00.